The summed E-state index contributed by atoms with van der Waals surface area (Å²) < 4.78 is 51.0. The van der Waals surface area contributed by atoms with Crippen LogP contribution in [0.1, 0.15) is 38.7 Å². The molecule has 13 heteroatoms. The molecule has 4 heterocycles. The molecule has 2 amide bonds. The zero-order chi connectivity index (χ0) is 29.2. The zero-order valence-electron chi connectivity index (χ0n) is 22.7. The fraction of sp³-hybridized carbons (Fsp3) is 0.429. The van der Waals surface area contributed by atoms with Crippen molar-refractivity contribution in [3.63, 3.8) is 0 Å². The number of halogens is 3. The molecule has 0 aliphatic carbocycles. The number of nitrogens with zero attached hydrogens (tertiary/aromatic N) is 5. The van der Waals surface area contributed by atoms with E-state index in [0.29, 0.717) is 43.4 Å². The first-order chi connectivity index (χ1) is 19.5. The molecule has 0 radical (unpaired) electrons. The summed E-state index contributed by atoms with van der Waals surface area (Å²) in [7, 11) is 0. The Labute approximate surface area is 235 Å². The van der Waals surface area contributed by atoms with Crippen LogP contribution in [0.4, 0.5) is 35.3 Å². The van der Waals surface area contributed by atoms with Crippen LogP contribution in [0, 0.1) is 0 Å². The molecule has 0 saturated carbocycles. The van der Waals surface area contributed by atoms with Gasteiger partial charge in [0.1, 0.15) is 11.6 Å². The minimum atomic E-state index is -4.51. The van der Waals surface area contributed by atoms with E-state index in [1.807, 2.05) is 0 Å². The van der Waals surface area contributed by atoms with Crippen molar-refractivity contribution >= 4 is 23.4 Å². The first-order valence-corrected chi connectivity index (χ1v) is 13.3. The van der Waals surface area contributed by atoms with Gasteiger partial charge in [-0.3, -0.25) is 10.2 Å². The Bertz CT molecular complexity index is 1400. The largest absolute Gasteiger partial charge is 0.493 e. The van der Waals surface area contributed by atoms with Crippen molar-refractivity contribution in [2.24, 2.45) is 0 Å². The number of rotatable bonds is 8. The standard InChI is InChI=1S/C28H31F3N6O4/c1-27(2,39)41-13-5-12-40-21-9-10-32-23(15-21)34-26(38)37-20-8-4-11-36(17-20)22-16-33-24(35-25(22)37)18-6-3-7-19(14-18)28(29,30)31/h3,6-7,9-10,14-16,20,39H,4-5,8,11-13,17H2,1-2H3,(H,32,34,38). The van der Waals surface area contributed by atoms with E-state index in [9.17, 15) is 23.1 Å². The van der Waals surface area contributed by atoms with Crippen LogP contribution in [0.2, 0.25) is 0 Å². The highest BCUT2D eigenvalue weighted by atomic mass is 19.4. The van der Waals surface area contributed by atoms with Crippen molar-refractivity contribution in [1.29, 1.82) is 0 Å². The van der Waals surface area contributed by atoms with Crippen LogP contribution in [0.5, 0.6) is 5.75 Å². The predicted molar refractivity (Wildman–Crippen MR) is 146 cm³/mol. The molecule has 2 aromatic heterocycles. The highest BCUT2D eigenvalue weighted by Gasteiger charge is 2.39. The molecule has 2 bridgehead atoms. The second kappa shape index (κ2) is 11.5. The van der Waals surface area contributed by atoms with Gasteiger partial charge in [-0.15, -0.1) is 0 Å². The summed E-state index contributed by atoms with van der Waals surface area (Å²) in [5.41, 5.74) is 0.0443. The second-order valence-corrected chi connectivity index (χ2v) is 10.4. The van der Waals surface area contributed by atoms with Crippen LogP contribution in [0.15, 0.2) is 48.8 Å². The number of pyridine rings is 1. The minimum absolute atomic E-state index is 0.0934. The lowest BCUT2D eigenvalue weighted by molar-refractivity contribution is -0.176. The summed E-state index contributed by atoms with van der Waals surface area (Å²) in [4.78, 5) is 30.5. The summed E-state index contributed by atoms with van der Waals surface area (Å²) in [6.07, 6.45) is 0.725. The topological polar surface area (TPSA) is 113 Å². The number of hydrogen-bond donors (Lipinski definition) is 2. The molecule has 0 spiro atoms. The van der Waals surface area contributed by atoms with Gasteiger partial charge in [-0.05, 0) is 44.9 Å². The minimum Gasteiger partial charge on any atom is -0.493 e. The Hall–Kier alpha value is -3.97. The molecule has 5 rings (SSSR count). The summed E-state index contributed by atoms with van der Waals surface area (Å²) >= 11 is 0. The first-order valence-electron chi connectivity index (χ1n) is 13.3. The third-order valence-electron chi connectivity index (χ3n) is 6.73. The lowest BCUT2D eigenvalue weighted by Crippen LogP contribution is -2.56. The maximum Gasteiger partial charge on any atom is 0.416 e. The normalized spacial score (nSPS) is 16.8. The molecule has 1 atom stereocenters. The zero-order valence-corrected chi connectivity index (χ0v) is 22.7. The molecule has 218 valence electrons. The summed E-state index contributed by atoms with van der Waals surface area (Å²) in [5, 5.41) is 12.4. The Balaban J connectivity index is 1.35. The van der Waals surface area contributed by atoms with Crippen LogP contribution < -0.4 is 19.9 Å². The number of ether oxygens (including phenoxy) is 2. The van der Waals surface area contributed by atoms with Gasteiger partial charge in [0.15, 0.2) is 17.4 Å². The van der Waals surface area contributed by atoms with Gasteiger partial charge in [-0.25, -0.2) is 19.7 Å². The van der Waals surface area contributed by atoms with E-state index < -0.39 is 23.6 Å². The predicted octanol–water partition coefficient (Wildman–Crippen LogP) is 5.09. The van der Waals surface area contributed by atoms with Gasteiger partial charge >= 0.3 is 12.2 Å². The lowest BCUT2D eigenvalue weighted by Gasteiger charge is -2.45. The van der Waals surface area contributed by atoms with Crippen molar-refractivity contribution in [2.45, 2.75) is 51.1 Å². The lowest BCUT2D eigenvalue weighted by atomic mass is 10.0. The molecule has 1 fully saturated rings. The molecule has 2 aliphatic rings. The van der Waals surface area contributed by atoms with Crippen LogP contribution in [-0.4, -0.2) is 64.2 Å². The van der Waals surface area contributed by atoms with Crippen molar-refractivity contribution in [3.8, 4) is 17.1 Å². The second-order valence-electron chi connectivity index (χ2n) is 10.4. The van der Waals surface area contributed by atoms with Gasteiger partial charge < -0.3 is 19.5 Å². The highest BCUT2D eigenvalue weighted by Crippen LogP contribution is 2.39. The molecule has 10 nitrogen and oxygen atoms in total. The van der Waals surface area contributed by atoms with Gasteiger partial charge in [0.2, 0.25) is 0 Å². The number of urea groups is 1. The maximum atomic E-state index is 13.6. The van der Waals surface area contributed by atoms with Crippen LogP contribution >= 0.6 is 0 Å². The van der Waals surface area contributed by atoms with Gasteiger partial charge in [-0.1, -0.05) is 12.1 Å². The van der Waals surface area contributed by atoms with E-state index >= 15 is 0 Å². The van der Waals surface area contributed by atoms with Crippen molar-refractivity contribution < 1.29 is 32.5 Å². The van der Waals surface area contributed by atoms with Gasteiger partial charge in [0.05, 0.1) is 36.7 Å². The summed E-state index contributed by atoms with van der Waals surface area (Å²) in [5.74, 6) is -0.0196. The summed E-state index contributed by atoms with van der Waals surface area (Å²) in [6, 6.07) is 7.43. The van der Waals surface area contributed by atoms with E-state index in [-0.39, 0.29) is 23.2 Å². The summed E-state index contributed by atoms with van der Waals surface area (Å²) in [6.45, 7) is 5.11. The van der Waals surface area contributed by atoms with Crippen LogP contribution in [0.3, 0.4) is 0 Å². The van der Waals surface area contributed by atoms with Gasteiger partial charge in [-0.2, -0.15) is 13.2 Å². The van der Waals surface area contributed by atoms with E-state index in [1.165, 1.54) is 18.3 Å². The monoisotopic (exact) mass is 572 g/mol. The molecule has 3 aromatic rings. The fourth-order valence-electron chi connectivity index (χ4n) is 4.87. The maximum absolute atomic E-state index is 13.6. The number of nitrogens with one attached hydrogen (secondary N) is 1. The van der Waals surface area contributed by atoms with Crippen molar-refractivity contribution in [2.75, 3.05) is 41.4 Å². The number of aliphatic hydroxyl groups is 1. The molecule has 2 N–H and O–H groups in total. The van der Waals surface area contributed by atoms with Crippen LogP contribution in [-0.2, 0) is 10.9 Å². The number of fused-ring (bicyclic) bond motifs is 4. The molecular formula is C28H31F3N6O4. The highest BCUT2D eigenvalue weighted by molar-refractivity contribution is 6.04. The fourth-order valence-corrected chi connectivity index (χ4v) is 4.87. The Morgan fingerprint density at radius 3 is 2.78 bits per heavy atom. The molecule has 1 unspecified atom stereocenters. The average molecular weight is 573 g/mol. The quantitative estimate of drug-likeness (QED) is 0.284. The number of carbonyl (C=O) groups excluding carboxylic acids is 1. The Morgan fingerprint density at radius 1 is 1.17 bits per heavy atom. The van der Waals surface area contributed by atoms with Crippen molar-refractivity contribution in [1.82, 2.24) is 15.0 Å². The van der Waals surface area contributed by atoms with Crippen molar-refractivity contribution in [3.05, 3.63) is 54.4 Å². The Kier molecular flexibility index (Phi) is 8.00. The molecule has 1 aromatic carbocycles. The number of amides is 2. The van der Waals surface area contributed by atoms with E-state index in [2.05, 4.69) is 25.2 Å². The molecular weight excluding hydrogens is 541 g/mol. The van der Waals surface area contributed by atoms with E-state index in [0.717, 1.165) is 31.5 Å². The number of alkyl halides is 3. The number of anilines is 3. The third kappa shape index (κ3) is 6.85. The number of benzene rings is 1. The van der Waals surface area contributed by atoms with E-state index in [4.69, 9.17) is 9.47 Å². The number of piperidine rings is 1. The third-order valence-corrected chi connectivity index (χ3v) is 6.73. The smallest absolute Gasteiger partial charge is 0.416 e. The van der Waals surface area contributed by atoms with E-state index in [1.54, 1.807) is 37.1 Å². The van der Waals surface area contributed by atoms with Gasteiger partial charge in [0.25, 0.3) is 0 Å². The van der Waals surface area contributed by atoms with Gasteiger partial charge in [0, 0.05) is 37.3 Å². The molecule has 41 heavy (non-hydrogen) atoms. The Morgan fingerprint density at radius 2 is 2.00 bits per heavy atom. The average Bonchev–Trinajstić information content (AvgIpc) is 2.92. The first kappa shape index (κ1) is 28.6. The number of aromatic nitrogens is 3. The van der Waals surface area contributed by atoms with Crippen LogP contribution in [0.25, 0.3) is 11.4 Å². The molecule has 1 saturated heterocycles. The molecule has 2 aliphatic heterocycles. The number of carbonyl (C=O) groups is 1. The SMILES string of the molecule is CC(C)(O)OCCCOc1ccnc(NC(=O)N2c3nc(-c4cccc(C(F)(F)F)c4)ncc3N3CCCC2C3)c1. The number of hydrogen-bond acceptors (Lipinski definition) is 8.